The van der Waals surface area contributed by atoms with Crippen molar-refractivity contribution in [1.29, 1.82) is 0 Å². The van der Waals surface area contributed by atoms with Crippen LogP contribution in [0.4, 0.5) is 0 Å². The summed E-state index contributed by atoms with van der Waals surface area (Å²) < 4.78 is 8.31. The largest absolute Gasteiger partial charge is 0.144 e. The first kappa shape index (κ1) is 14.5. The predicted octanol–water partition coefficient (Wildman–Crippen LogP) is 7.15. The van der Waals surface area contributed by atoms with Crippen molar-refractivity contribution in [2.75, 3.05) is 0 Å². The molecule has 0 nitrogen and oxygen atoms in total. The fraction of sp³-hybridized carbons (Fsp3) is 0.524. The Bertz CT molecular complexity index is 808. The van der Waals surface area contributed by atoms with Gasteiger partial charge in [-0.25, -0.2) is 0 Å². The van der Waals surface area contributed by atoms with Crippen LogP contribution in [0.2, 0.25) is 0 Å². The second-order valence-corrected chi connectivity index (χ2v) is 9.62. The molecule has 2 heteroatoms. The molecular formula is C21H26S2. The lowest BCUT2D eigenvalue weighted by Crippen LogP contribution is -2.05. The molecule has 0 spiro atoms. The monoisotopic (exact) mass is 343 g/mol. The van der Waals surface area contributed by atoms with Crippen LogP contribution in [0.15, 0.2) is 5.36 Å². The smallest absolute Gasteiger partial charge is 0.0743 e. The Kier molecular flexibility index (Phi) is 3.19. The quantitative estimate of drug-likeness (QED) is 0.476. The third kappa shape index (κ3) is 1.88. The molecule has 4 unspecified atom stereocenters. The Balaban J connectivity index is 2.05. The fourth-order valence-electron chi connectivity index (χ4n) is 4.70. The van der Waals surface area contributed by atoms with E-state index in [4.69, 9.17) is 1.37 Å². The van der Waals surface area contributed by atoms with Crippen LogP contribution in [0.3, 0.4) is 0 Å². The zero-order valence-corrected chi connectivity index (χ0v) is 16.8. The van der Waals surface area contributed by atoms with Gasteiger partial charge in [0.1, 0.15) is 0 Å². The van der Waals surface area contributed by atoms with E-state index in [1.165, 1.54) is 26.4 Å². The van der Waals surface area contributed by atoms with E-state index in [0.29, 0.717) is 23.7 Å². The van der Waals surface area contributed by atoms with Gasteiger partial charge in [0.2, 0.25) is 0 Å². The Morgan fingerprint density at radius 3 is 2.04 bits per heavy atom. The normalized spacial score (nSPS) is 33.1. The third-order valence-corrected chi connectivity index (χ3v) is 8.80. The number of thiophene rings is 2. The molecule has 0 N–H and O–H groups in total. The van der Waals surface area contributed by atoms with Crippen LogP contribution in [-0.2, 0) is 0 Å². The van der Waals surface area contributed by atoms with E-state index >= 15 is 0 Å². The van der Waals surface area contributed by atoms with Crippen molar-refractivity contribution in [3.05, 3.63) is 42.2 Å². The lowest BCUT2D eigenvalue weighted by molar-refractivity contribution is 0.616. The maximum absolute atomic E-state index is 8.31. The van der Waals surface area contributed by atoms with Gasteiger partial charge in [0, 0.05) is 14.6 Å². The molecule has 2 aromatic heterocycles. The molecule has 4 atom stereocenters. The highest BCUT2D eigenvalue weighted by molar-refractivity contribution is 7.14. The zero-order valence-electron chi connectivity index (χ0n) is 16.1. The topological polar surface area (TPSA) is 0 Å². The number of rotatable bonds is 0. The first-order chi connectivity index (χ1) is 11.3. The average molecular weight is 344 g/mol. The van der Waals surface area contributed by atoms with Gasteiger partial charge >= 0.3 is 0 Å². The maximum Gasteiger partial charge on any atom is 0.0743 e. The molecule has 2 heterocycles. The first-order valence-electron chi connectivity index (χ1n) is 9.20. The van der Waals surface area contributed by atoms with Crippen LogP contribution in [0.5, 0.6) is 0 Å². The molecule has 0 fully saturated rings. The van der Waals surface area contributed by atoms with Crippen LogP contribution in [0.25, 0.3) is 11.1 Å². The minimum Gasteiger partial charge on any atom is -0.144 e. The van der Waals surface area contributed by atoms with Gasteiger partial charge in [0.05, 0.1) is 1.37 Å². The van der Waals surface area contributed by atoms with Crippen molar-refractivity contribution in [2.45, 2.75) is 60.3 Å². The highest BCUT2D eigenvalue weighted by Gasteiger charge is 2.42. The second kappa shape index (κ2) is 5.07. The minimum atomic E-state index is 0.534. The number of aryl methyl sites for hydroxylation is 1. The van der Waals surface area contributed by atoms with Gasteiger partial charge < -0.3 is 0 Å². The molecule has 0 aromatic carbocycles. The second-order valence-electron chi connectivity index (χ2n) is 7.58. The SMILES string of the molecule is [2H]c1sc2c(c1C)C(C)C(C)/C2=C1\c2sc(C)c(C)c2C(C)C1C. The van der Waals surface area contributed by atoms with Gasteiger partial charge in [-0.05, 0) is 83.2 Å². The van der Waals surface area contributed by atoms with Gasteiger partial charge in [0.15, 0.2) is 0 Å². The molecule has 0 amide bonds. The zero-order chi connectivity index (χ0) is 17.5. The van der Waals surface area contributed by atoms with Gasteiger partial charge in [0.25, 0.3) is 0 Å². The number of fused-ring (bicyclic) bond motifs is 2. The summed E-state index contributed by atoms with van der Waals surface area (Å²) in [4.78, 5) is 4.44. The summed E-state index contributed by atoms with van der Waals surface area (Å²) in [6.07, 6.45) is 0. The van der Waals surface area contributed by atoms with E-state index in [9.17, 15) is 0 Å². The van der Waals surface area contributed by atoms with Crippen LogP contribution in [0, 0.1) is 32.6 Å². The third-order valence-electron chi connectivity index (χ3n) is 6.49. The van der Waals surface area contributed by atoms with Crippen molar-refractivity contribution in [3.8, 4) is 0 Å². The Morgan fingerprint density at radius 2 is 1.39 bits per heavy atom. The molecule has 122 valence electrons. The minimum absolute atomic E-state index is 0.534. The summed E-state index contributed by atoms with van der Waals surface area (Å²) in [6.45, 7) is 16.3. The molecule has 2 aromatic rings. The first-order valence-corrected chi connectivity index (χ1v) is 10.3. The molecule has 0 radical (unpaired) electrons. The summed E-state index contributed by atoms with van der Waals surface area (Å²) in [5.74, 6) is 2.28. The van der Waals surface area contributed by atoms with Crippen molar-refractivity contribution >= 4 is 33.8 Å². The fourth-order valence-corrected chi connectivity index (χ4v) is 7.34. The van der Waals surface area contributed by atoms with E-state index in [1.54, 1.807) is 32.9 Å². The van der Waals surface area contributed by atoms with E-state index < -0.39 is 0 Å². The Morgan fingerprint density at radius 1 is 0.826 bits per heavy atom. The molecule has 0 aliphatic heterocycles. The Hall–Kier alpha value is -0.860. The summed E-state index contributed by atoms with van der Waals surface area (Å²) >= 11 is 3.70. The Labute approximate surface area is 149 Å². The van der Waals surface area contributed by atoms with Crippen LogP contribution >= 0.6 is 22.7 Å². The highest BCUT2D eigenvalue weighted by atomic mass is 32.1. The molecular weight excluding hydrogens is 316 g/mol. The summed E-state index contributed by atoms with van der Waals surface area (Å²) in [7, 11) is 0. The lowest BCUT2D eigenvalue weighted by Gasteiger charge is -2.19. The number of hydrogen-bond acceptors (Lipinski definition) is 2. The molecule has 0 bridgehead atoms. The van der Waals surface area contributed by atoms with Crippen LogP contribution in [0.1, 0.15) is 77.8 Å². The lowest BCUT2D eigenvalue weighted by atomic mass is 9.86. The van der Waals surface area contributed by atoms with Crippen molar-refractivity contribution in [3.63, 3.8) is 0 Å². The molecule has 23 heavy (non-hydrogen) atoms. The van der Waals surface area contributed by atoms with E-state index in [1.807, 2.05) is 11.3 Å². The molecule has 2 aliphatic rings. The molecule has 2 aliphatic carbocycles. The van der Waals surface area contributed by atoms with Crippen LogP contribution < -0.4 is 0 Å². The van der Waals surface area contributed by atoms with Crippen molar-refractivity contribution in [1.82, 2.24) is 0 Å². The number of allylic oxidation sites excluding steroid dienone is 2. The van der Waals surface area contributed by atoms with E-state index in [-0.39, 0.29) is 0 Å². The van der Waals surface area contributed by atoms with Gasteiger partial charge in [-0.1, -0.05) is 27.7 Å². The van der Waals surface area contributed by atoms with Gasteiger partial charge in [-0.15, -0.1) is 22.7 Å². The summed E-state index contributed by atoms with van der Waals surface area (Å²) in [6, 6.07) is 0. The molecule has 0 saturated heterocycles. The standard InChI is InChI=1S/C21H26S2/c1-9-8-22-20-16(9)10(2)12(4)18(20)19-13(5)11(3)17-14(6)15(7)23-21(17)19/h8,10-13H,1-7H3/b19-18+/i8D. The summed E-state index contributed by atoms with van der Waals surface area (Å²) in [5, 5.41) is 0.759. The maximum atomic E-state index is 8.31. The predicted molar refractivity (Wildman–Crippen MR) is 105 cm³/mol. The molecule has 4 rings (SSSR count). The molecule has 0 saturated carbocycles. The van der Waals surface area contributed by atoms with Gasteiger partial charge in [-0.2, -0.15) is 0 Å². The van der Waals surface area contributed by atoms with Crippen LogP contribution in [-0.4, -0.2) is 0 Å². The average Bonchev–Trinajstić information content (AvgIpc) is 3.14. The van der Waals surface area contributed by atoms with E-state index in [0.717, 1.165) is 5.36 Å². The van der Waals surface area contributed by atoms with Gasteiger partial charge in [-0.3, -0.25) is 0 Å². The summed E-state index contributed by atoms with van der Waals surface area (Å²) in [5.41, 5.74) is 8.93. The highest BCUT2D eigenvalue weighted by Crippen LogP contribution is 2.59. The van der Waals surface area contributed by atoms with Crippen molar-refractivity contribution < 1.29 is 1.37 Å². The number of hydrogen-bond donors (Lipinski definition) is 0. The van der Waals surface area contributed by atoms with Crippen molar-refractivity contribution in [2.24, 2.45) is 11.8 Å². The van der Waals surface area contributed by atoms with E-state index in [2.05, 4.69) is 48.5 Å².